The van der Waals surface area contributed by atoms with Crippen LogP contribution in [0.25, 0.3) is 0 Å². The van der Waals surface area contributed by atoms with E-state index in [4.69, 9.17) is 0 Å². The molecule has 2 rings (SSSR count). The van der Waals surface area contributed by atoms with Gasteiger partial charge in [0, 0.05) is 24.8 Å². The van der Waals surface area contributed by atoms with Gasteiger partial charge in [-0.25, -0.2) is 4.79 Å². The maximum atomic E-state index is 12.4. The number of hydrogen-bond donors (Lipinski definition) is 1. The molecule has 2 heterocycles. The zero-order chi connectivity index (χ0) is 15.0. The topological polar surface area (TPSA) is 75.4 Å². The average Bonchev–Trinajstić information content (AvgIpc) is 2.85. The fourth-order valence-electron chi connectivity index (χ4n) is 2.93. The van der Waals surface area contributed by atoms with Crippen molar-refractivity contribution in [1.82, 2.24) is 14.7 Å². The summed E-state index contributed by atoms with van der Waals surface area (Å²) in [6.45, 7) is 6.20. The number of carboxylic acids is 1. The Morgan fingerprint density at radius 1 is 1.40 bits per heavy atom. The Morgan fingerprint density at radius 3 is 2.55 bits per heavy atom. The molecule has 1 saturated heterocycles. The Kier molecular flexibility index (Phi) is 3.83. The van der Waals surface area contributed by atoms with Crippen LogP contribution < -0.4 is 0 Å². The molecule has 6 heteroatoms. The summed E-state index contributed by atoms with van der Waals surface area (Å²) < 4.78 is 1.75. The van der Waals surface area contributed by atoms with Crippen molar-refractivity contribution in [3.8, 4) is 0 Å². The van der Waals surface area contributed by atoms with Gasteiger partial charge in [-0.15, -0.1) is 0 Å². The average molecular weight is 279 g/mol. The molecule has 0 radical (unpaired) electrons. The predicted octanol–water partition coefficient (Wildman–Crippen LogP) is 0.901. The first kappa shape index (κ1) is 14.6. The van der Waals surface area contributed by atoms with Crippen molar-refractivity contribution < 1.29 is 14.7 Å². The molecule has 0 aliphatic carbocycles. The van der Waals surface area contributed by atoms with Crippen molar-refractivity contribution >= 4 is 11.9 Å². The Morgan fingerprint density at radius 2 is 2.05 bits per heavy atom. The second-order valence-electron chi connectivity index (χ2n) is 5.59. The predicted molar refractivity (Wildman–Crippen MR) is 73.3 cm³/mol. The summed E-state index contributed by atoms with van der Waals surface area (Å²) in [5.74, 6) is -1.03. The molecule has 6 nitrogen and oxygen atoms in total. The van der Waals surface area contributed by atoms with E-state index in [0.29, 0.717) is 6.54 Å². The quantitative estimate of drug-likeness (QED) is 0.892. The van der Waals surface area contributed by atoms with E-state index in [9.17, 15) is 14.7 Å². The molecule has 1 amide bonds. The van der Waals surface area contributed by atoms with E-state index >= 15 is 0 Å². The van der Waals surface area contributed by atoms with Gasteiger partial charge in [0.1, 0.15) is 6.04 Å². The van der Waals surface area contributed by atoms with E-state index in [1.54, 1.807) is 4.68 Å². The molecule has 0 saturated carbocycles. The first-order chi connectivity index (χ1) is 9.32. The van der Waals surface area contributed by atoms with Crippen molar-refractivity contribution in [1.29, 1.82) is 0 Å². The van der Waals surface area contributed by atoms with Crippen LogP contribution in [0, 0.1) is 19.8 Å². The van der Waals surface area contributed by atoms with Crippen LogP contribution in [0.3, 0.4) is 0 Å². The Bertz CT molecular complexity index is 550. The zero-order valence-electron chi connectivity index (χ0n) is 12.4. The summed E-state index contributed by atoms with van der Waals surface area (Å²) in [4.78, 5) is 25.2. The highest BCUT2D eigenvalue weighted by Crippen LogP contribution is 2.25. The zero-order valence-corrected chi connectivity index (χ0v) is 12.4. The van der Waals surface area contributed by atoms with Crippen LogP contribution in [0.15, 0.2) is 0 Å². The minimum Gasteiger partial charge on any atom is -0.480 e. The van der Waals surface area contributed by atoms with Crippen LogP contribution >= 0.6 is 0 Å². The van der Waals surface area contributed by atoms with Gasteiger partial charge in [0.05, 0.1) is 12.1 Å². The molecule has 2 atom stereocenters. The highest BCUT2D eigenvalue weighted by atomic mass is 16.4. The third-order valence-corrected chi connectivity index (χ3v) is 4.26. The summed E-state index contributed by atoms with van der Waals surface area (Å²) >= 11 is 0. The molecule has 0 spiro atoms. The lowest BCUT2D eigenvalue weighted by Crippen LogP contribution is -2.43. The number of hydrogen-bond acceptors (Lipinski definition) is 3. The van der Waals surface area contributed by atoms with Crippen LogP contribution in [-0.2, 0) is 23.1 Å². The number of carbonyl (C=O) groups excluding carboxylic acids is 1. The van der Waals surface area contributed by atoms with Crippen molar-refractivity contribution in [3.63, 3.8) is 0 Å². The van der Waals surface area contributed by atoms with Gasteiger partial charge >= 0.3 is 5.97 Å². The monoisotopic (exact) mass is 279 g/mol. The fraction of sp³-hybridized carbons (Fsp3) is 0.643. The smallest absolute Gasteiger partial charge is 0.326 e. The second kappa shape index (κ2) is 5.26. The molecule has 1 aromatic rings. The fourth-order valence-corrected chi connectivity index (χ4v) is 2.93. The number of nitrogens with zero attached hydrogens (tertiary/aromatic N) is 3. The molecule has 1 N–H and O–H groups in total. The lowest BCUT2D eigenvalue weighted by atomic mass is 10.0. The number of carboxylic acid groups (broad SMARTS) is 1. The van der Waals surface area contributed by atoms with Crippen LogP contribution in [0.5, 0.6) is 0 Å². The Balaban J connectivity index is 2.18. The first-order valence-corrected chi connectivity index (χ1v) is 6.84. The molecule has 0 bridgehead atoms. The van der Waals surface area contributed by atoms with Crippen molar-refractivity contribution in [2.75, 3.05) is 6.54 Å². The lowest BCUT2D eigenvalue weighted by Gasteiger charge is -2.23. The summed E-state index contributed by atoms with van der Waals surface area (Å²) in [7, 11) is 1.84. The molecule has 1 aliphatic heterocycles. The van der Waals surface area contributed by atoms with Crippen LogP contribution in [-0.4, -0.2) is 44.3 Å². The van der Waals surface area contributed by atoms with Crippen LogP contribution in [0.4, 0.5) is 0 Å². The van der Waals surface area contributed by atoms with Crippen molar-refractivity contribution in [2.24, 2.45) is 13.0 Å². The van der Waals surface area contributed by atoms with E-state index in [2.05, 4.69) is 5.10 Å². The third kappa shape index (κ3) is 2.42. The van der Waals surface area contributed by atoms with E-state index in [0.717, 1.165) is 23.4 Å². The van der Waals surface area contributed by atoms with Gasteiger partial charge in [0.15, 0.2) is 0 Å². The van der Waals surface area contributed by atoms with E-state index in [-0.39, 0.29) is 18.2 Å². The number of likely N-dealkylation sites (tertiary alicyclic amines) is 1. The van der Waals surface area contributed by atoms with E-state index in [1.807, 2.05) is 27.8 Å². The lowest BCUT2D eigenvalue weighted by molar-refractivity contribution is -0.149. The molecule has 1 fully saturated rings. The summed E-state index contributed by atoms with van der Waals surface area (Å²) in [5.41, 5.74) is 2.69. The molecule has 110 valence electrons. The van der Waals surface area contributed by atoms with Crippen LogP contribution in [0.1, 0.15) is 30.3 Å². The normalized spacial score (nSPS) is 22.3. The molecule has 0 aromatic carbocycles. The largest absolute Gasteiger partial charge is 0.480 e. The Labute approximate surface area is 118 Å². The Hall–Kier alpha value is -1.85. The number of aromatic nitrogens is 2. The number of rotatable bonds is 3. The third-order valence-electron chi connectivity index (χ3n) is 4.26. The van der Waals surface area contributed by atoms with Gasteiger partial charge in [-0.3, -0.25) is 9.48 Å². The second-order valence-corrected chi connectivity index (χ2v) is 5.59. The number of aryl methyl sites for hydroxylation is 2. The van der Waals surface area contributed by atoms with E-state index in [1.165, 1.54) is 4.90 Å². The SMILES string of the molecule is Cc1nn(C)c(C)c1CC(=O)N1CCC(C)C1C(=O)O. The van der Waals surface area contributed by atoms with Gasteiger partial charge < -0.3 is 10.0 Å². The number of amides is 1. The number of carbonyl (C=O) groups is 2. The van der Waals surface area contributed by atoms with Gasteiger partial charge in [-0.2, -0.15) is 5.10 Å². The van der Waals surface area contributed by atoms with Gasteiger partial charge in [-0.05, 0) is 26.2 Å². The summed E-state index contributed by atoms with van der Waals surface area (Å²) in [6, 6.07) is -0.695. The van der Waals surface area contributed by atoms with Crippen molar-refractivity contribution in [3.05, 3.63) is 17.0 Å². The molecule has 20 heavy (non-hydrogen) atoms. The van der Waals surface area contributed by atoms with Crippen molar-refractivity contribution in [2.45, 2.75) is 39.7 Å². The molecule has 2 unspecified atom stereocenters. The van der Waals surface area contributed by atoms with Gasteiger partial charge in [0.2, 0.25) is 5.91 Å². The standard InChI is InChI=1S/C14H21N3O3/c1-8-5-6-17(13(8)14(19)20)12(18)7-11-9(2)15-16(4)10(11)3/h8,13H,5-7H2,1-4H3,(H,19,20). The summed E-state index contributed by atoms with van der Waals surface area (Å²) in [6.07, 6.45) is 0.968. The minimum absolute atomic E-state index is 0.00698. The molecule has 1 aromatic heterocycles. The highest BCUT2D eigenvalue weighted by Gasteiger charge is 2.39. The molecular weight excluding hydrogens is 258 g/mol. The van der Waals surface area contributed by atoms with E-state index < -0.39 is 12.0 Å². The highest BCUT2D eigenvalue weighted by molar-refractivity contribution is 5.86. The van der Waals surface area contributed by atoms with Gasteiger partial charge in [-0.1, -0.05) is 6.92 Å². The maximum absolute atomic E-state index is 12.4. The summed E-state index contributed by atoms with van der Waals surface area (Å²) in [5, 5.41) is 13.6. The van der Waals surface area contributed by atoms with Crippen LogP contribution in [0.2, 0.25) is 0 Å². The minimum atomic E-state index is -0.914. The first-order valence-electron chi connectivity index (χ1n) is 6.84. The molecule has 1 aliphatic rings. The van der Waals surface area contributed by atoms with Gasteiger partial charge in [0.25, 0.3) is 0 Å². The maximum Gasteiger partial charge on any atom is 0.326 e. The molecular formula is C14H21N3O3. The number of aliphatic carboxylic acids is 1.